The molecule has 8 heteroatoms. The van der Waals surface area contributed by atoms with Crippen molar-refractivity contribution in [3.8, 4) is 11.5 Å². The maximum atomic E-state index is 13.1. The third kappa shape index (κ3) is 10.4. The molecule has 1 aliphatic rings. The van der Waals surface area contributed by atoms with Crippen LogP contribution >= 0.6 is 0 Å². The Morgan fingerprint density at radius 2 is 1.78 bits per heavy atom. The van der Waals surface area contributed by atoms with E-state index in [-0.39, 0.29) is 17.9 Å². The zero-order chi connectivity index (χ0) is 26.6. The summed E-state index contributed by atoms with van der Waals surface area (Å²) in [5.74, 6) is 1.41. The molecule has 0 unspecified atom stereocenters. The Hall–Kier alpha value is -3.10. The first kappa shape index (κ1) is 28.5. The third-order valence-electron chi connectivity index (χ3n) is 6.24. The Kier molecular flexibility index (Phi) is 11.2. The van der Waals surface area contributed by atoms with Crippen LogP contribution in [0.4, 0.5) is 4.79 Å². The summed E-state index contributed by atoms with van der Waals surface area (Å²) in [7, 11) is 4.13. The Morgan fingerprint density at radius 1 is 1.05 bits per heavy atom. The van der Waals surface area contributed by atoms with Gasteiger partial charge in [0.05, 0.1) is 6.61 Å². The van der Waals surface area contributed by atoms with Crippen LogP contribution in [0.3, 0.4) is 0 Å². The summed E-state index contributed by atoms with van der Waals surface area (Å²) in [4.78, 5) is 29.9. The molecule has 3 rings (SSSR count). The number of likely N-dealkylation sites (tertiary alicyclic amines) is 1. The van der Waals surface area contributed by atoms with Gasteiger partial charge in [-0.05, 0) is 69.1 Å². The summed E-state index contributed by atoms with van der Waals surface area (Å²) in [6.07, 6.45) is 1.79. The smallest absolute Gasteiger partial charge is 0.413 e. The van der Waals surface area contributed by atoms with Gasteiger partial charge in [-0.25, -0.2) is 4.79 Å². The molecule has 202 valence electrons. The maximum absolute atomic E-state index is 13.1. The normalized spacial score (nSPS) is 16.5. The standard InChI is InChI=1S/C29H42N4O4/c1-22(2)19-27(31-29(35)37-26-9-6-5-7-10-26)28(34)30-24-15-17-33(21-24)20-23-11-13-25(14-12-23)36-18-8-16-32(3)4/h5-7,9-14,22,24,27H,8,15-21H2,1-4H3,(H,30,34)(H,31,35)/t24-,27-/m0/s1. The largest absolute Gasteiger partial charge is 0.494 e. The van der Waals surface area contributed by atoms with Crippen molar-refractivity contribution in [3.05, 3.63) is 60.2 Å². The number of benzene rings is 2. The van der Waals surface area contributed by atoms with Gasteiger partial charge in [0.2, 0.25) is 5.91 Å². The maximum Gasteiger partial charge on any atom is 0.413 e. The Balaban J connectivity index is 1.44. The number of ether oxygens (including phenoxy) is 2. The van der Waals surface area contributed by atoms with E-state index in [1.807, 2.05) is 32.0 Å². The summed E-state index contributed by atoms with van der Waals surface area (Å²) in [5.41, 5.74) is 1.22. The second-order valence-electron chi connectivity index (χ2n) is 10.4. The lowest BCUT2D eigenvalue weighted by molar-refractivity contribution is -0.124. The molecule has 1 saturated heterocycles. The summed E-state index contributed by atoms with van der Waals surface area (Å²) < 4.78 is 11.2. The zero-order valence-electron chi connectivity index (χ0n) is 22.6. The molecule has 0 aromatic heterocycles. The second-order valence-corrected chi connectivity index (χ2v) is 10.4. The van der Waals surface area contributed by atoms with Crippen LogP contribution in [0.1, 0.15) is 38.7 Å². The van der Waals surface area contributed by atoms with Crippen LogP contribution < -0.4 is 20.1 Å². The molecular formula is C29H42N4O4. The molecule has 0 spiro atoms. The van der Waals surface area contributed by atoms with Gasteiger partial charge in [-0.3, -0.25) is 9.69 Å². The zero-order valence-corrected chi connectivity index (χ0v) is 22.6. The highest BCUT2D eigenvalue weighted by Gasteiger charge is 2.28. The van der Waals surface area contributed by atoms with E-state index in [1.165, 1.54) is 5.56 Å². The third-order valence-corrected chi connectivity index (χ3v) is 6.24. The van der Waals surface area contributed by atoms with Crippen molar-refractivity contribution in [2.45, 2.75) is 51.7 Å². The number of amides is 2. The first-order valence-corrected chi connectivity index (χ1v) is 13.2. The van der Waals surface area contributed by atoms with Gasteiger partial charge >= 0.3 is 6.09 Å². The van der Waals surface area contributed by atoms with Crippen LogP contribution in [-0.2, 0) is 11.3 Å². The van der Waals surface area contributed by atoms with Crippen molar-refractivity contribution in [2.24, 2.45) is 5.92 Å². The van der Waals surface area contributed by atoms with Gasteiger partial charge in [-0.1, -0.05) is 44.2 Å². The van der Waals surface area contributed by atoms with Gasteiger partial charge < -0.3 is 25.0 Å². The number of carbonyl (C=O) groups excluding carboxylic acids is 2. The average molecular weight is 511 g/mol. The Morgan fingerprint density at radius 3 is 2.46 bits per heavy atom. The van der Waals surface area contributed by atoms with E-state index >= 15 is 0 Å². The van der Waals surface area contributed by atoms with Gasteiger partial charge in [0.25, 0.3) is 0 Å². The molecule has 0 aliphatic carbocycles. The number of hydrogen-bond donors (Lipinski definition) is 2. The van der Waals surface area contributed by atoms with Gasteiger partial charge in [0.15, 0.2) is 0 Å². The number of nitrogens with zero attached hydrogens (tertiary/aromatic N) is 2. The molecule has 37 heavy (non-hydrogen) atoms. The first-order chi connectivity index (χ1) is 17.8. The molecule has 2 amide bonds. The number of hydrogen-bond acceptors (Lipinski definition) is 6. The number of para-hydroxylation sites is 1. The van der Waals surface area contributed by atoms with Crippen LogP contribution in [0.25, 0.3) is 0 Å². The highest BCUT2D eigenvalue weighted by atomic mass is 16.6. The van der Waals surface area contributed by atoms with Crippen LogP contribution in [0.2, 0.25) is 0 Å². The van der Waals surface area contributed by atoms with Crippen LogP contribution in [0, 0.1) is 5.92 Å². The fourth-order valence-electron chi connectivity index (χ4n) is 4.39. The van der Waals surface area contributed by atoms with Crippen molar-refractivity contribution in [1.29, 1.82) is 0 Å². The topological polar surface area (TPSA) is 83.1 Å². The predicted molar refractivity (Wildman–Crippen MR) is 146 cm³/mol. The van der Waals surface area contributed by atoms with Crippen molar-refractivity contribution < 1.29 is 19.1 Å². The Labute approximate surface area is 221 Å². The fourth-order valence-corrected chi connectivity index (χ4v) is 4.39. The molecular weight excluding hydrogens is 468 g/mol. The van der Waals surface area contributed by atoms with E-state index in [9.17, 15) is 9.59 Å². The summed E-state index contributed by atoms with van der Waals surface area (Å²) >= 11 is 0. The van der Waals surface area contributed by atoms with E-state index in [1.54, 1.807) is 24.3 Å². The van der Waals surface area contributed by atoms with Crippen LogP contribution in [0.5, 0.6) is 11.5 Å². The van der Waals surface area contributed by atoms with E-state index in [4.69, 9.17) is 9.47 Å². The number of rotatable bonds is 13. The highest BCUT2D eigenvalue weighted by Crippen LogP contribution is 2.18. The Bertz CT molecular complexity index is 966. The quantitative estimate of drug-likeness (QED) is 0.398. The minimum Gasteiger partial charge on any atom is -0.494 e. The minimum absolute atomic E-state index is 0.0495. The second kappa shape index (κ2) is 14.6. The molecule has 0 bridgehead atoms. The van der Waals surface area contributed by atoms with Gasteiger partial charge in [0.1, 0.15) is 17.5 Å². The van der Waals surface area contributed by atoms with Gasteiger partial charge in [-0.2, -0.15) is 0 Å². The molecule has 2 atom stereocenters. The van der Waals surface area contributed by atoms with E-state index in [0.717, 1.165) is 44.8 Å². The van der Waals surface area contributed by atoms with Gasteiger partial charge in [-0.15, -0.1) is 0 Å². The molecule has 0 radical (unpaired) electrons. The predicted octanol–water partition coefficient (Wildman–Crippen LogP) is 3.91. The van der Waals surface area contributed by atoms with E-state index in [2.05, 4.69) is 46.7 Å². The van der Waals surface area contributed by atoms with E-state index < -0.39 is 12.1 Å². The fraction of sp³-hybridized carbons (Fsp3) is 0.517. The van der Waals surface area contributed by atoms with Crippen molar-refractivity contribution in [2.75, 3.05) is 40.3 Å². The summed E-state index contributed by atoms with van der Waals surface area (Å²) in [6.45, 7) is 8.29. The van der Waals surface area contributed by atoms with Crippen molar-refractivity contribution in [1.82, 2.24) is 20.4 Å². The lowest BCUT2D eigenvalue weighted by Gasteiger charge is -2.22. The molecule has 2 aromatic rings. The van der Waals surface area contributed by atoms with Crippen molar-refractivity contribution >= 4 is 12.0 Å². The monoisotopic (exact) mass is 510 g/mol. The lowest BCUT2D eigenvalue weighted by atomic mass is 10.0. The number of carbonyl (C=O) groups is 2. The van der Waals surface area contributed by atoms with Gasteiger partial charge in [0, 0.05) is 32.2 Å². The molecule has 1 heterocycles. The molecule has 0 saturated carbocycles. The van der Waals surface area contributed by atoms with Crippen LogP contribution in [0.15, 0.2) is 54.6 Å². The molecule has 1 fully saturated rings. The molecule has 2 N–H and O–H groups in total. The highest BCUT2D eigenvalue weighted by molar-refractivity contribution is 5.86. The molecule has 1 aliphatic heterocycles. The minimum atomic E-state index is -0.643. The van der Waals surface area contributed by atoms with Crippen molar-refractivity contribution in [3.63, 3.8) is 0 Å². The SMILES string of the molecule is CC(C)C[C@H](NC(=O)Oc1ccccc1)C(=O)N[C@H]1CCN(Cc2ccc(OCCCN(C)C)cc2)C1. The molecule has 8 nitrogen and oxygen atoms in total. The van der Waals surface area contributed by atoms with Crippen LogP contribution in [-0.4, -0.2) is 74.2 Å². The first-order valence-electron chi connectivity index (χ1n) is 13.2. The lowest BCUT2D eigenvalue weighted by Crippen LogP contribution is -2.51. The molecule has 2 aromatic carbocycles. The van der Waals surface area contributed by atoms with E-state index in [0.29, 0.717) is 18.8 Å². The average Bonchev–Trinajstić information content (AvgIpc) is 3.29. The summed E-state index contributed by atoms with van der Waals surface area (Å²) in [6, 6.07) is 16.5. The number of nitrogens with one attached hydrogen (secondary N) is 2. The summed E-state index contributed by atoms with van der Waals surface area (Å²) in [5, 5.41) is 5.89.